The molecule has 0 spiro atoms. The minimum Gasteiger partial charge on any atom is -0.379 e. The van der Waals surface area contributed by atoms with E-state index in [-0.39, 0.29) is 11.4 Å². The van der Waals surface area contributed by atoms with Crippen molar-refractivity contribution in [3.05, 3.63) is 28.5 Å². The van der Waals surface area contributed by atoms with E-state index in [1.54, 1.807) is 18.3 Å². The molecule has 2 rings (SSSR count). The van der Waals surface area contributed by atoms with Crippen LogP contribution in [0.15, 0.2) is 22.9 Å². The van der Waals surface area contributed by atoms with Crippen molar-refractivity contribution in [1.82, 2.24) is 15.2 Å². The summed E-state index contributed by atoms with van der Waals surface area (Å²) >= 11 is 3.27. The first-order valence-corrected chi connectivity index (χ1v) is 7.51. The first-order chi connectivity index (χ1) is 9.49. The monoisotopic (exact) mass is 341 g/mol. The highest BCUT2D eigenvalue weighted by Crippen LogP contribution is 2.15. The summed E-state index contributed by atoms with van der Waals surface area (Å²) in [6.45, 7) is 8.21. The van der Waals surface area contributed by atoms with Crippen molar-refractivity contribution >= 4 is 21.8 Å². The van der Waals surface area contributed by atoms with Gasteiger partial charge in [-0.2, -0.15) is 0 Å². The number of nitrogens with zero attached hydrogens (tertiary/aromatic N) is 2. The number of nitrogens with one attached hydrogen (secondary N) is 1. The topological polar surface area (TPSA) is 54.5 Å². The number of halogens is 1. The quantitative estimate of drug-likeness (QED) is 0.846. The largest absolute Gasteiger partial charge is 0.379 e. The lowest BCUT2D eigenvalue weighted by Crippen LogP contribution is -2.55. The molecule has 1 fully saturated rings. The third-order valence-electron chi connectivity index (χ3n) is 3.54. The summed E-state index contributed by atoms with van der Waals surface area (Å²) in [6, 6.07) is 3.43. The van der Waals surface area contributed by atoms with E-state index in [9.17, 15) is 4.79 Å². The predicted octanol–water partition coefficient (Wildman–Crippen LogP) is 1.68. The summed E-state index contributed by atoms with van der Waals surface area (Å²) in [5.74, 6) is -0.0746. The van der Waals surface area contributed by atoms with E-state index in [1.807, 2.05) is 0 Å². The third-order valence-corrected chi connectivity index (χ3v) is 3.97. The molecule has 5 nitrogen and oxygen atoms in total. The molecule has 0 aliphatic carbocycles. The SMILES string of the molecule is CC(C)(CNC(=O)c1ccnc(Br)c1)N1CCOCC1. The fraction of sp³-hybridized carbons (Fsp3) is 0.571. The van der Waals surface area contributed by atoms with Gasteiger partial charge in [-0.25, -0.2) is 4.98 Å². The van der Waals surface area contributed by atoms with Crippen molar-refractivity contribution in [2.45, 2.75) is 19.4 Å². The van der Waals surface area contributed by atoms with Crippen molar-refractivity contribution in [3.63, 3.8) is 0 Å². The van der Waals surface area contributed by atoms with Gasteiger partial charge in [0.05, 0.1) is 13.2 Å². The Morgan fingerprint density at radius 2 is 2.20 bits per heavy atom. The Kier molecular flexibility index (Phi) is 5.12. The van der Waals surface area contributed by atoms with Gasteiger partial charge in [0.15, 0.2) is 0 Å². The summed E-state index contributed by atoms with van der Waals surface area (Å²) in [7, 11) is 0. The molecule has 1 aromatic heterocycles. The Morgan fingerprint density at radius 1 is 1.50 bits per heavy atom. The van der Waals surface area contributed by atoms with E-state index < -0.39 is 0 Å². The van der Waals surface area contributed by atoms with Crippen molar-refractivity contribution in [2.75, 3.05) is 32.8 Å². The lowest BCUT2D eigenvalue weighted by atomic mass is 10.0. The molecule has 0 aromatic carbocycles. The van der Waals surface area contributed by atoms with Crippen LogP contribution in [-0.4, -0.2) is 54.2 Å². The van der Waals surface area contributed by atoms with Gasteiger partial charge in [-0.3, -0.25) is 9.69 Å². The lowest BCUT2D eigenvalue weighted by molar-refractivity contribution is -0.00923. The summed E-state index contributed by atoms with van der Waals surface area (Å²) in [4.78, 5) is 18.5. The fourth-order valence-electron chi connectivity index (χ4n) is 2.22. The van der Waals surface area contributed by atoms with Gasteiger partial charge in [-0.1, -0.05) is 0 Å². The van der Waals surface area contributed by atoms with Gasteiger partial charge in [0.25, 0.3) is 5.91 Å². The lowest BCUT2D eigenvalue weighted by Gasteiger charge is -2.40. The molecule has 0 radical (unpaired) electrons. The highest BCUT2D eigenvalue weighted by molar-refractivity contribution is 9.10. The molecule has 1 aliphatic rings. The molecule has 0 atom stereocenters. The standard InChI is InChI=1S/C14H20BrN3O2/c1-14(2,18-5-7-20-8-6-18)10-17-13(19)11-3-4-16-12(15)9-11/h3-4,9H,5-8,10H2,1-2H3,(H,17,19). The van der Waals surface area contributed by atoms with Crippen molar-refractivity contribution in [2.24, 2.45) is 0 Å². The second kappa shape index (κ2) is 6.65. The number of morpholine rings is 1. The molecule has 1 aliphatic heterocycles. The summed E-state index contributed by atoms with van der Waals surface area (Å²) in [5.41, 5.74) is 0.536. The average molecular weight is 342 g/mol. The van der Waals surface area contributed by atoms with E-state index in [0.717, 1.165) is 26.3 Å². The molecule has 0 saturated carbocycles. The number of hydrogen-bond donors (Lipinski definition) is 1. The van der Waals surface area contributed by atoms with Gasteiger partial charge < -0.3 is 10.1 Å². The van der Waals surface area contributed by atoms with E-state index in [0.29, 0.717) is 16.7 Å². The number of carbonyl (C=O) groups is 1. The maximum atomic E-state index is 12.1. The summed E-state index contributed by atoms with van der Waals surface area (Å²) in [6.07, 6.45) is 1.62. The zero-order valence-electron chi connectivity index (χ0n) is 11.9. The molecule has 20 heavy (non-hydrogen) atoms. The Morgan fingerprint density at radius 3 is 2.85 bits per heavy atom. The zero-order valence-corrected chi connectivity index (χ0v) is 13.4. The van der Waals surface area contributed by atoms with E-state index >= 15 is 0 Å². The highest BCUT2D eigenvalue weighted by atomic mass is 79.9. The second-order valence-corrected chi connectivity index (χ2v) is 6.27. The Hall–Kier alpha value is -0.980. The van der Waals surface area contributed by atoms with Crippen LogP contribution in [0.5, 0.6) is 0 Å². The van der Waals surface area contributed by atoms with Crippen LogP contribution in [0, 0.1) is 0 Å². The van der Waals surface area contributed by atoms with Gasteiger partial charge in [0.2, 0.25) is 0 Å². The minimum atomic E-state index is -0.0797. The maximum absolute atomic E-state index is 12.1. The van der Waals surface area contributed by atoms with Crippen molar-refractivity contribution in [1.29, 1.82) is 0 Å². The van der Waals surface area contributed by atoms with Crippen molar-refractivity contribution in [3.8, 4) is 0 Å². The van der Waals surface area contributed by atoms with Crippen LogP contribution in [0.2, 0.25) is 0 Å². The smallest absolute Gasteiger partial charge is 0.251 e. The zero-order chi connectivity index (χ0) is 14.6. The number of carbonyl (C=O) groups excluding carboxylic acids is 1. The predicted molar refractivity (Wildman–Crippen MR) is 80.7 cm³/mol. The van der Waals surface area contributed by atoms with Crippen LogP contribution in [0.1, 0.15) is 24.2 Å². The van der Waals surface area contributed by atoms with Crippen LogP contribution < -0.4 is 5.32 Å². The first kappa shape index (κ1) is 15.4. The highest BCUT2D eigenvalue weighted by Gasteiger charge is 2.28. The second-order valence-electron chi connectivity index (χ2n) is 5.46. The van der Waals surface area contributed by atoms with Crippen molar-refractivity contribution < 1.29 is 9.53 Å². The minimum absolute atomic E-state index is 0.0746. The molecule has 0 bridgehead atoms. The van der Waals surface area contributed by atoms with E-state index in [2.05, 4.69) is 45.0 Å². The van der Waals surface area contributed by atoms with Crippen LogP contribution in [0.3, 0.4) is 0 Å². The summed E-state index contributed by atoms with van der Waals surface area (Å²) in [5, 5.41) is 2.99. The van der Waals surface area contributed by atoms with Gasteiger partial charge in [0, 0.05) is 36.9 Å². The molecule has 1 amide bonds. The van der Waals surface area contributed by atoms with Crippen LogP contribution in [0.25, 0.3) is 0 Å². The molecular formula is C14H20BrN3O2. The molecule has 1 aromatic rings. The Bertz CT molecular complexity index is 473. The van der Waals surface area contributed by atoms with E-state index in [4.69, 9.17) is 4.74 Å². The number of aromatic nitrogens is 1. The fourth-order valence-corrected chi connectivity index (χ4v) is 2.59. The number of hydrogen-bond acceptors (Lipinski definition) is 4. The van der Waals surface area contributed by atoms with Crippen LogP contribution in [0.4, 0.5) is 0 Å². The third kappa shape index (κ3) is 4.01. The normalized spacial score (nSPS) is 16.9. The molecule has 1 N–H and O–H groups in total. The molecule has 1 saturated heterocycles. The average Bonchev–Trinajstić information content (AvgIpc) is 2.46. The molecule has 110 valence electrons. The summed E-state index contributed by atoms with van der Waals surface area (Å²) < 4.78 is 6.03. The van der Waals surface area contributed by atoms with Gasteiger partial charge >= 0.3 is 0 Å². The van der Waals surface area contributed by atoms with Gasteiger partial charge in [0.1, 0.15) is 4.60 Å². The van der Waals surface area contributed by atoms with Gasteiger partial charge in [-0.05, 0) is 41.9 Å². The number of amides is 1. The van der Waals surface area contributed by atoms with E-state index in [1.165, 1.54) is 0 Å². The molecular weight excluding hydrogens is 322 g/mol. The number of ether oxygens (including phenoxy) is 1. The van der Waals surface area contributed by atoms with Crippen LogP contribution in [-0.2, 0) is 4.74 Å². The number of rotatable bonds is 4. The van der Waals surface area contributed by atoms with Crippen LogP contribution >= 0.6 is 15.9 Å². The Labute approximate surface area is 127 Å². The number of pyridine rings is 1. The molecule has 0 unspecified atom stereocenters. The molecule has 2 heterocycles. The van der Waals surface area contributed by atoms with Gasteiger partial charge in [-0.15, -0.1) is 0 Å². The first-order valence-electron chi connectivity index (χ1n) is 6.71. The maximum Gasteiger partial charge on any atom is 0.251 e. The molecule has 6 heteroatoms. The Balaban J connectivity index is 1.91.